The Morgan fingerprint density at radius 3 is 2.63 bits per heavy atom. The molecule has 142 valence electrons. The molecule has 2 aliphatic rings. The van der Waals surface area contributed by atoms with E-state index in [9.17, 15) is 14.0 Å². The Morgan fingerprint density at radius 1 is 1.07 bits per heavy atom. The maximum absolute atomic E-state index is 13.9. The van der Waals surface area contributed by atoms with Crippen molar-refractivity contribution >= 4 is 17.5 Å². The molecular weight excluding hydrogens is 347 g/mol. The van der Waals surface area contributed by atoms with Gasteiger partial charge in [-0.1, -0.05) is 25.0 Å². The zero-order valence-corrected chi connectivity index (χ0v) is 15.1. The van der Waals surface area contributed by atoms with Crippen molar-refractivity contribution in [1.29, 1.82) is 0 Å². The second-order valence-corrected chi connectivity index (χ2v) is 7.23. The van der Waals surface area contributed by atoms with E-state index in [0.717, 1.165) is 44.2 Å². The fourth-order valence-electron chi connectivity index (χ4n) is 3.96. The minimum Gasteiger partial charge on any atom is -0.347 e. The van der Waals surface area contributed by atoms with Gasteiger partial charge >= 0.3 is 0 Å². The number of hydrogen-bond acceptors (Lipinski definition) is 3. The van der Waals surface area contributed by atoms with Crippen LogP contribution in [0.3, 0.4) is 0 Å². The van der Waals surface area contributed by atoms with Crippen molar-refractivity contribution in [3.63, 3.8) is 0 Å². The lowest BCUT2D eigenvalue weighted by Crippen LogP contribution is -2.35. The molecule has 2 heterocycles. The number of aromatic nitrogens is 2. The highest BCUT2D eigenvalue weighted by Crippen LogP contribution is 2.24. The first kappa shape index (κ1) is 17.7. The van der Waals surface area contributed by atoms with Crippen LogP contribution in [0, 0.1) is 5.82 Å². The zero-order chi connectivity index (χ0) is 18.8. The summed E-state index contributed by atoms with van der Waals surface area (Å²) in [6, 6.07) is 6.20. The van der Waals surface area contributed by atoms with Crippen molar-refractivity contribution in [2.24, 2.45) is 0 Å². The summed E-state index contributed by atoms with van der Waals surface area (Å²) in [6.45, 7) is 0.669. The molecule has 2 aromatic rings. The SMILES string of the molecule is O=C(Nc1ccccc1F)c1nc(C(=O)NC2CCCC2)n2c1CCCC2. The lowest BCUT2D eigenvalue weighted by molar-refractivity contribution is 0.0921. The van der Waals surface area contributed by atoms with Gasteiger partial charge in [-0.25, -0.2) is 9.37 Å². The van der Waals surface area contributed by atoms with Crippen LogP contribution < -0.4 is 10.6 Å². The molecule has 0 radical (unpaired) electrons. The van der Waals surface area contributed by atoms with Gasteiger partial charge in [-0.3, -0.25) is 9.59 Å². The lowest BCUT2D eigenvalue weighted by atomic mass is 10.1. The number of hydrogen-bond donors (Lipinski definition) is 2. The molecule has 1 aromatic carbocycles. The molecule has 1 aliphatic heterocycles. The number of nitrogens with zero attached hydrogens (tertiary/aromatic N) is 2. The van der Waals surface area contributed by atoms with E-state index in [4.69, 9.17) is 0 Å². The molecule has 0 spiro atoms. The van der Waals surface area contributed by atoms with Crippen LogP contribution in [0.1, 0.15) is 65.3 Å². The number of halogens is 1. The molecule has 1 aliphatic carbocycles. The van der Waals surface area contributed by atoms with Crippen LogP contribution in [0.2, 0.25) is 0 Å². The van der Waals surface area contributed by atoms with Gasteiger partial charge in [0.25, 0.3) is 11.8 Å². The van der Waals surface area contributed by atoms with E-state index in [-0.39, 0.29) is 29.2 Å². The summed E-state index contributed by atoms with van der Waals surface area (Å²) in [4.78, 5) is 29.8. The van der Waals surface area contributed by atoms with Crippen LogP contribution in [0.5, 0.6) is 0 Å². The predicted octanol–water partition coefficient (Wildman–Crippen LogP) is 3.28. The maximum atomic E-state index is 13.9. The van der Waals surface area contributed by atoms with Crippen molar-refractivity contribution in [1.82, 2.24) is 14.9 Å². The van der Waals surface area contributed by atoms with Crippen molar-refractivity contribution in [2.75, 3.05) is 5.32 Å². The van der Waals surface area contributed by atoms with Crippen LogP contribution in [0.4, 0.5) is 10.1 Å². The fourth-order valence-corrected chi connectivity index (χ4v) is 3.96. The van der Waals surface area contributed by atoms with Gasteiger partial charge in [-0.15, -0.1) is 0 Å². The average molecular weight is 370 g/mol. The number of benzene rings is 1. The number of imidazole rings is 1. The first-order valence-electron chi connectivity index (χ1n) is 9.59. The Labute approximate surface area is 157 Å². The number of fused-ring (bicyclic) bond motifs is 1. The summed E-state index contributed by atoms with van der Waals surface area (Å²) in [7, 11) is 0. The Bertz CT molecular complexity index is 871. The Hall–Kier alpha value is -2.70. The largest absolute Gasteiger partial charge is 0.347 e. The summed E-state index contributed by atoms with van der Waals surface area (Å²) in [5, 5.41) is 5.62. The fraction of sp³-hybridized carbons (Fsp3) is 0.450. The topological polar surface area (TPSA) is 76.0 Å². The first-order chi connectivity index (χ1) is 13.1. The van der Waals surface area contributed by atoms with Crippen LogP contribution in [-0.2, 0) is 13.0 Å². The van der Waals surface area contributed by atoms with Crippen LogP contribution in [0.15, 0.2) is 24.3 Å². The highest BCUT2D eigenvalue weighted by atomic mass is 19.1. The molecule has 2 amide bonds. The van der Waals surface area contributed by atoms with E-state index in [0.29, 0.717) is 13.0 Å². The Balaban J connectivity index is 1.61. The van der Waals surface area contributed by atoms with Gasteiger partial charge < -0.3 is 15.2 Å². The standard InChI is InChI=1S/C20H23FN4O2/c21-14-9-3-4-10-15(14)23-19(26)17-16-11-5-6-12-25(16)18(24-17)20(27)22-13-7-1-2-8-13/h3-4,9-10,13H,1-2,5-8,11-12H2,(H,22,27)(H,23,26). The molecule has 27 heavy (non-hydrogen) atoms. The van der Waals surface area contributed by atoms with Gasteiger partial charge in [-0.05, 0) is 44.2 Å². The third-order valence-corrected chi connectivity index (χ3v) is 5.35. The van der Waals surface area contributed by atoms with E-state index < -0.39 is 11.7 Å². The second kappa shape index (κ2) is 7.50. The van der Waals surface area contributed by atoms with Crippen LogP contribution in [-0.4, -0.2) is 27.4 Å². The van der Waals surface area contributed by atoms with Gasteiger partial charge in [0.15, 0.2) is 11.5 Å². The molecule has 0 bridgehead atoms. The van der Waals surface area contributed by atoms with Gasteiger partial charge in [-0.2, -0.15) is 0 Å². The third kappa shape index (κ3) is 3.59. The highest BCUT2D eigenvalue weighted by molar-refractivity contribution is 6.05. The van der Waals surface area contributed by atoms with Crippen molar-refractivity contribution in [2.45, 2.75) is 57.5 Å². The molecule has 0 saturated heterocycles. The van der Waals surface area contributed by atoms with Crippen molar-refractivity contribution in [3.05, 3.63) is 47.3 Å². The molecule has 2 N–H and O–H groups in total. The summed E-state index contributed by atoms with van der Waals surface area (Å²) in [6.07, 6.45) is 6.79. The molecule has 0 atom stereocenters. The highest BCUT2D eigenvalue weighted by Gasteiger charge is 2.29. The van der Waals surface area contributed by atoms with E-state index >= 15 is 0 Å². The smallest absolute Gasteiger partial charge is 0.287 e. The average Bonchev–Trinajstić information content (AvgIpc) is 3.31. The van der Waals surface area contributed by atoms with E-state index in [1.54, 1.807) is 12.1 Å². The normalized spacial score (nSPS) is 16.8. The maximum Gasteiger partial charge on any atom is 0.287 e. The quantitative estimate of drug-likeness (QED) is 0.867. The van der Waals surface area contributed by atoms with Crippen LogP contribution >= 0.6 is 0 Å². The van der Waals surface area contributed by atoms with Crippen molar-refractivity contribution in [3.8, 4) is 0 Å². The van der Waals surface area contributed by atoms with Gasteiger partial charge in [0.05, 0.1) is 11.4 Å². The van der Waals surface area contributed by atoms with Crippen molar-refractivity contribution < 1.29 is 14.0 Å². The van der Waals surface area contributed by atoms with Crippen LogP contribution in [0.25, 0.3) is 0 Å². The molecule has 6 nitrogen and oxygen atoms in total. The molecule has 1 aromatic heterocycles. The lowest BCUT2D eigenvalue weighted by Gasteiger charge is -2.18. The zero-order valence-electron chi connectivity index (χ0n) is 15.1. The molecule has 7 heteroatoms. The molecule has 0 unspecified atom stereocenters. The van der Waals surface area contributed by atoms with E-state index in [2.05, 4.69) is 15.6 Å². The summed E-state index contributed by atoms with van der Waals surface area (Å²) >= 11 is 0. The molecule has 4 rings (SSSR count). The van der Waals surface area contributed by atoms with E-state index in [1.807, 2.05) is 4.57 Å². The number of carbonyl (C=O) groups is 2. The second-order valence-electron chi connectivity index (χ2n) is 7.23. The summed E-state index contributed by atoms with van der Waals surface area (Å²) in [5.41, 5.74) is 1.08. The summed E-state index contributed by atoms with van der Waals surface area (Å²) in [5.74, 6) is -0.922. The molecular formula is C20H23FN4O2. The molecule has 1 saturated carbocycles. The van der Waals surface area contributed by atoms with Gasteiger partial charge in [0.1, 0.15) is 5.82 Å². The minimum atomic E-state index is -0.502. The number of amides is 2. The molecule has 1 fully saturated rings. The number of carbonyl (C=O) groups excluding carboxylic acids is 2. The van der Waals surface area contributed by atoms with E-state index in [1.165, 1.54) is 12.1 Å². The Morgan fingerprint density at radius 2 is 1.85 bits per heavy atom. The third-order valence-electron chi connectivity index (χ3n) is 5.35. The number of rotatable bonds is 4. The monoisotopic (exact) mass is 370 g/mol. The summed E-state index contributed by atoms with van der Waals surface area (Å²) < 4.78 is 15.7. The first-order valence-corrected chi connectivity index (χ1v) is 9.59. The minimum absolute atomic E-state index is 0.108. The van der Waals surface area contributed by atoms with Gasteiger partial charge in [0.2, 0.25) is 0 Å². The Kier molecular flexibility index (Phi) is 4.92. The number of para-hydroxylation sites is 1. The predicted molar refractivity (Wildman–Crippen MR) is 99.2 cm³/mol. The van der Waals surface area contributed by atoms with Gasteiger partial charge in [0, 0.05) is 12.6 Å². The number of nitrogens with one attached hydrogen (secondary N) is 2. The number of anilines is 1.